The van der Waals surface area contributed by atoms with Crippen LogP contribution in [0.1, 0.15) is 30.7 Å². The normalized spacial score (nSPS) is 11.2. The summed E-state index contributed by atoms with van der Waals surface area (Å²) in [6.07, 6.45) is 1.82. The SMILES string of the molecule is CCOc1ccc(CN(CC)Cc2cc(=O)n3cc(C)ccc3n2)cc1OC. The summed E-state index contributed by atoms with van der Waals surface area (Å²) >= 11 is 0. The van der Waals surface area contributed by atoms with Gasteiger partial charge >= 0.3 is 0 Å². The van der Waals surface area contributed by atoms with Crippen molar-refractivity contribution < 1.29 is 9.47 Å². The fourth-order valence-electron chi connectivity index (χ4n) is 3.19. The highest BCUT2D eigenvalue weighted by atomic mass is 16.5. The maximum atomic E-state index is 12.4. The minimum atomic E-state index is -0.0533. The van der Waals surface area contributed by atoms with E-state index in [1.807, 2.05) is 50.4 Å². The number of hydrogen-bond acceptors (Lipinski definition) is 5. The first-order valence-corrected chi connectivity index (χ1v) is 9.55. The Bertz CT molecular complexity index is 1010. The average Bonchev–Trinajstić information content (AvgIpc) is 2.69. The molecule has 0 saturated heterocycles. The Balaban J connectivity index is 1.80. The third-order valence-electron chi connectivity index (χ3n) is 4.63. The Kier molecular flexibility index (Phi) is 6.31. The summed E-state index contributed by atoms with van der Waals surface area (Å²) in [6, 6.07) is 11.5. The molecule has 0 aliphatic carbocycles. The Morgan fingerprint density at radius 3 is 2.61 bits per heavy atom. The standard InChI is InChI=1S/C22H27N3O3/c1-5-24(14-17-8-9-19(28-6-2)20(11-17)27-4)15-18-12-22(26)25-13-16(3)7-10-21(25)23-18/h7-13H,5-6,14-15H2,1-4H3. The summed E-state index contributed by atoms with van der Waals surface area (Å²) in [5, 5.41) is 0. The zero-order valence-electron chi connectivity index (χ0n) is 16.9. The van der Waals surface area contributed by atoms with E-state index in [4.69, 9.17) is 9.47 Å². The molecule has 1 aromatic carbocycles. The molecule has 0 unspecified atom stereocenters. The topological polar surface area (TPSA) is 56.1 Å². The van der Waals surface area contributed by atoms with Crippen LogP contribution < -0.4 is 15.0 Å². The molecule has 0 aliphatic heterocycles. The van der Waals surface area contributed by atoms with Crippen molar-refractivity contribution in [3.05, 3.63) is 69.8 Å². The third-order valence-corrected chi connectivity index (χ3v) is 4.63. The second kappa shape index (κ2) is 8.89. The molecule has 0 spiro atoms. The van der Waals surface area contributed by atoms with Crippen LogP contribution in [0, 0.1) is 6.92 Å². The Morgan fingerprint density at radius 2 is 1.89 bits per heavy atom. The predicted octanol–water partition coefficient (Wildman–Crippen LogP) is 3.43. The van der Waals surface area contributed by atoms with Crippen molar-refractivity contribution in [2.75, 3.05) is 20.3 Å². The molecule has 0 fully saturated rings. The number of fused-ring (bicyclic) bond motifs is 1. The van der Waals surface area contributed by atoms with E-state index in [1.54, 1.807) is 17.6 Å². The number of aromatic nitrogens is 2. The predicted molar refractivity (Wildman–Crippen MR) is 110 cm³/mol. The Labute approximate surface area is 165 Å². The average molecular weight is 381 g/mol. The first-order chi connectivity index (χ1) is 13.5. The molecule has 148 valence electrons. The maximum Gasteiger partial charge on any atom is 0.258 e. The molecule has 2 heterocycles. The molecule has 3 rings (SSSR count). The number of ether oxygens (including phenoxy) is 2. The van der Waals surface area contributed by atoms with Crippen molar-refractivity contribution in [2.24, 2.45) is 0 Å². The van der Waals surface area contributed by atoms with Crippen LogP contribution in [0.15, 0.2) is 47.4 Å². The zero-order valence-corrected chi connectivity index (χ0v) is 16.9. The molecule has 0 aliphatic rings. The van der Waals surface area contributed by atoms with Crippen molar-refractivity contribution in [2.45, 2.75) is 33.9 Å². The first-order valence-electron chi connectivity index (χ1n) is 9.55. The molecule has 2 aromatic heterocycles. The van der Waals surface area contributed by atoms with Crippen molar-refractivity contribution >= 4 is 5.65 Å². The van der Waals surface area contributed by atoms with Gasteiger partial charge < -0.3 is 9.47 Å². The van der Waals surface area contributed by atoms with Gasteiger partial charge in [-0.2, -0.15) is 0 Å². The number of nitrogens with zero attached hydrogens (tertiary/aromatic N) is 3. The van der Waals surface area contributed by atoms with E-state index in [-0.39, 0.29) is 5.56 Å². The monoisotopic (exact) mass is 381 g/mol. The minimum absolute atomic E-state index is 0.0533. The number of hydrogen-bond donors (Lipinski definition) is 0. The number of aryl methyl sites for hydroxylation is 1. The lowest BCUT2D eigenvalue weighted by molar-refractivity contribution is 0.266. The molecular weight excluding hydrogens is 354 g/mol. The molecular formula is C22H27N3O3. The van der Waals surface area contributed by atoms with E-state index < -0.39 is 0 Å². The highest BCUT2D eigenvalue weighted by Crippen LogP contribution is 2.28. The number of rotatable bonds is 8. The van der Waals surface area contributed by atoms with Crippen molar-refractivity contribution in [3.8, 4) is 11.5 Å². The van der Waals surface area contributed by atoms with Gasteiger partial charge in [-0.05, 0) is 49.7 Å². The van der Waals surface area contributed by atoms with E-state index in [0.29, 0.717) is 18.8 Å². The Morgan fingerprint density at radius 1 is 1.07 bits per heavy atom. The molecule has 0 bridgehead atoms. The fourth-order valence-corrected chi connectivity index (χ4v) is 3.19. The second-order valence-electron chi connectivity index (χ2n) is 6.74. The van der Waals surface area contributed by atoms with Crippen LogP contribution in [-0.2, 0) is 13.1 Å². The summed E-state index contributed by atoms with van der Waals surface area (Å²) in [6.45, 7) is 8.78. The number of methoxy groups -OCH3 is 1. The minimum Gasteiger partial charge on any atom is -0.493 e. The van der Waals surface area contributed by atoms with Crippen LogP contribution in [0.5, 0.6) is 11.5 Å². The van der Waals surface area contributed by atoms with Gasteiger partial charge in [0.1, 0.15) is 5.65 Å². The molecule has 0 radical (unpaired) electrons. The molecule has 6 nitrogen and oxygen atoms in total. The largest absolute Gasteiger partial charge is 0.493 e. The van der Waals surface area contributed by atoms with Crippen LogP contribution in [0.3, 0.4) is 0 Å². The summed E-state index contributed by atoms with van der Waals surface area (Å²) in [5.74, 6) is 1.48. The maximum absolute atomic E-state index is 12.4. The van der Waals surface area contributed by atoms with Gasteiger partial charge in [0.2, 0.25) is 0 Å². The quantitative estimate of drug-likeness (QED) is 0.598. The van der Waals surface area contributed by atoms with Crippen LogP contribution >= 0.6 is 0 Å². The highest BCUT2D eigenvalue weighted by molar-refractivity contribution is 5.43. The number of benzene rings is 1. The molecule has 0 N–H and O–H groups in total. The van der Waals surface area contributed by atoms with E-state index in [9.17, 15) is 4.79 Å². The van der Waals surface area contributed by atoms with Gasteiger partial charge in [0.15, 0.2) is 11.5 Å². The van der Waals surface area contributed by atoms with Crippen LogP contribution in [-0.4, -0.2) is 34.5 Å². The summed E-state index contributed by atoms with van der Waals surface area (Å²) in [4.78, 5) is 19.3. The van der Waals surface area contributed by atoms with Crippen LogP contribution in [0.25, 0.3) is 5.65 Å². The van der Waals surface area contributed by atoms with E-state index in [1.165, 1.54) is 0 Å². The second-order valence-corrected chi connectivity index (χ2v) is 6.74. The van der Waals surface area contributed by atoms with Crippen LogP contribution in [0.4, 0.5) is 0 Å². The molecule has 28 heavy (non-hydrogen) atoms. The summed E-state index contributed by atoms with van der Waals surface area (Å²) in [5.41, 5.74) is 3.54. The van der Waals surface area contributed by atoms with Gasteiger partial charge in [-0.1, -0.05) is 19.1 Å². The summed E-state index contributed by atoms with van der Waals surface area (Å²) in [7, 11) is 1.65. The van der Waals surface area contributed by atoms with Gasteiger partial charge in [-0.3, -0.25) is 14.1 Å². The van der Waals surface area contributed by atoms with Gasteiger partial charge in [0.05, 0.1) is 19.4 Å². The molecule has 0 atom stereocenters. The van der Waals surface area contributed by atoms with Gasteiger partial charge in [0.25, 0.3) is 5.56 Å². The first kappa shape index (κ1) is 19.9. The summed E-state index contributed by atoms with van der Waals surface area (Å²) < 4.78 is 12.6. The molecule has 0 amide bonds. The lowest BCUT2D eigenvalue weighted by Crippen LogP contribution is -2.25. The fraction of sp³-hybridized carbons (Fsp3) is 0.364. The van der Waals surface area contributed by atoms with Crippen molar-refractivity contribution in [3.63, 3.8) is 0 Å². The van der Waals surface area contributed by atoms with E-state index in [0.717, 1.165) is 41.4 Å². The molecule has 3 aromatic rings. The zero-order chi connectivity index (χ0) is 20.1. The van der Waals surface area contributed by atoms with E-state index in [2.05, 4.69) is 16.8 Å². The van der Waals surface area contributed by atoms with E-state index >= 15 is 0 Å². The van der Waals surface area contributed by atoms with Gasteiger partial charge in [-0.25, -0.2) is 4.98 Å². The van der Waals surface area contributed by atoms with Gasteiger partial charge in [0, 0.05) is 25.4 Å². The molecule has 0 saturated carbocycles. The molecule has 6 heteroatoms. The van der Waals surface area contributed by atoms with Crippen molar-refractivity contribution in [1.29, 1.82) is 0 Å². The smallest absolute Gasteiger partial charge is 0.258 e. The number of pyridine rings is 1. The van der Waals surface area contributed by atoms with Crippen molar-refractivity contribution in [1.82, 2.24) is 14.3 Å². The van der Waals surface area contributed by atoms with Crippen LogP contribution in [0.2, 0.25) is 0 Å². The lowest BCUT2D eigenvalue weighted by Gasteiger charge is -2.21. The Hall–Kier alpha value is -2.86. The third kappa shape index (κ3) is 4.51. The van der Waals surface area contributed by atoms with Gasteiger partial charge in [-0.15, -0.1) is 0 Å². The lowest BCUT2D eigenvalue weighted by atomic mass is 10.2. The highest BCUT2D eigenvalue weighted by Gasteiger charge is 2.11.